The van der Waals surface area contributed by atoms with Crippen LogP contribution in [0.15, 0.2) is 41.0 Å². The zero-order chi connectivity index (χ0) is 22.8. The molecule has 1 amide bonds. The topological polar surface area (TPSA) is 106 Å². The fourth-order valence-electron chi connectivity index (χ4n) is 3.44. The number of carbonyl (C=O) groups excluding carboxylic acids is 1. The van der Waals surface area contributed by atoms with Gasteiger partial charge in [-0.25, -0.2) is 13.4 Å². The van der Waals surface area contributed by atoms with Gasteiger partial charge < -0.3 is 15.1 Å². The van der Waals surface area contributed by atoms with E-state index >= 15 is 0 Å². The Labute approximate surface area is 187 Å². The van der Waals surface area contributed by atoms with Crippen molar-refractivity contribution in [1.82, 2.24) is 5.32 Å². The lowest BCUT2D eigenvalue weighted by molar-refractivity contribution is -0.117. The van der Waals surface area contributed by atoms with Gasteiger partial charge in [0.15, 0.2) is 15.0 Å². The first kappa shape index (κ1) is 23.2. The van der Waals surface area contributed by atoms with E-state index in [-0.39, 0.29) is 34.3 Å². The number of hydrogen-bond acceptors (Lipinski definition) is 7. The number of fused-ring (bicyclic) bond motifs is 1. The molecule has 2 aliphatic rings. The van der Waals surface area contributed by atoms with Crippen molar-refractivity contribution in [2.24, 2.45) is 10.9 Å². The van der Waals surface area contributed by atoms with Crippen LogP contribution in [0.2, 0.25) is 0 Å². The quantitative estimate of drug-likeness (QED) is 0.510. The van der Waals surface area contributed by atoms with Gasteiger partial charge in [-0.15, -0.1) is 0 Å². The number of rotatable bonds is 6. The highest BCUT2D eigenvalue weighted by Crippen LogP contribution is 2.41. The number of amidine groups is 1. The molecule has 1 N–H and O–H groups in total. The number of thioether (sulfide) groups is 1. The molecule has 166 valence electrons. The molecule has 0 aliphatic carbocycles. The average Bonchev–Trinajstić information content (AvgIpc) is 3.17. The maximum absolute atomic E-state index is 12.2. The Kier molecular flexibility index (Phi) is 6.96. The second-order valence-corrected chi connectivity index (χ2v) is 11.6. The van der Waals surface area contributed by atoms with Crippen molar-refractivity contribution in [3.8, 4) is 6.07 Å². The third kappa shape index (κ3) is 5.40. The Morgan fingerprint density at radius 3 is 2.61 bits per heavy atom. The highest BCUT2D eigenvalue weighted by atomic mass is 32.2. The van der Waals surface area contributed by atoms with Gasteiger partial charge in [-0.2, -0.15) is 5.26 Å². The fraction of sp³-hybridized carbons (Fsp3) is 0.476. The SMILES string of the molecule is CC(C)CNC(=O)C(C#N)=CN=C1SC2CS(=O)(=O)CC2N1c1ccc(N(C)C)cc1. The van der Waals surface area contributed by atoms with Gasteiger partial charge in [0.1, 0.15) is 11.6 Å². The maximum Gasteiger partial charge on any atom is 0.263 e. The van der Waals surface area contributed by atoms with Crippen LogP contribution < -0.4 is 15.1 Å². The van der Waals surface area contributed by atoms with Crippen LogP contribution in [0.4, 0.5) is 11.4 Å². The van der Waals surface area contributed by atoms with E-state index in [4.69, 9.17) is 0 Å². The average molecular weight is 462 g/mol. The standard InChI is InChI=1S/C21H27N5O3S2/c1-14(2)10-23-20(27)15(9-22)11-24-21-26(17-7-5-16(6-8-17)25(3)4)18-12-31(28,29)13-19(18)30-21/h5-8,11,14,18-19H,10,12-13H2,1-4H3,(H,23,27). The molecule has 0 spiro atoms. The van der Waals surface area contributed by atoms with Crippen LogP contribution in [-0.2, 0) is 14.6 Å². The summed E-state index contributed by atoms with van der Waals surface area (Å²) in [6.07, 6.45) is 1.27. The predicted molar refractivity (Wildman–Crippen MR) is 126 cm³/mol. The van der Waals surface area contributed by atoms with Gasteiger partial charge in [0.2, 0.25) is 0 Å². The van der Waals surface area contributed by atoms with E-state index in [1.807, 2.05) is 68.1 Å². The lowest BCUT2D eigenvalue weighted by atomic mass is 10.2. The Balaban J connectivity index is 1.92. The van der Waals surface area contributed by atoms with Crippen LogP contribution in [0.3, 0.4) is 0 Å². The van der Waals surface area contributed by atoms with Crippen LogP contribution in [0.25, 0.3) is 0 Å². The first-order chi connectivity index (χ1) is 14.6. The van der Waals surface area contributed by atoms with Crippen molar-refractivity contribution in [2.45, 2.75) is 25.1 Å². The molecule has 31 heavy (non-hydrogen) atoms. The lowest BCUT2D eigenvalue weighted by Gasteiger charge is -2.25. The second-order valence-electron chi connectivity index (χ2n) is 8.25. The summed E-state index contributed by atoms with van der Waals surface area (Å²) in [5.41, 5.74) is 1.78. The second kappa shape index (κ2) is 9.32. The number of nitriles is 1. The van der Waals surface area contributed by atoms with Crippen LogP contribution in [0.1, 0.15) is 13.8 Å². The molecular weight excluding hydrogens is 434 g/mol. The molecule has 2 atom stereocenters. The molecule has 0 radical (unpaired) electrons. The third-order valence-electron chi connectivity index (χ3n) is 5.05. The van der Waals surface area contributed by atoms with E-state index in [0.29, 0.717) is 11.7 Å². The fourth-order valence-corrected chi connectivity index (χ4v) is 7.33. The number of anilines is 2. The molecule has 2 unspecified atom stereocenters. The highest BCUT2D eigenvalue weighted by molar-refractivity contribution is 8.16. The van der Waals surface area contributed by atoms with Crippen LogP contribution in [0, 0.1) is 17.2 Å². The van der Waals surface area contributed by atoms with Gasteiger partial charge in [-0.05, 0) is 30.2 Å². The predicted octanol–water partition coefficient (Wildman–Crippen LogP) is 2.01. The minimum absolute atomic E-state index is 0.0583. The van der Waals surface area contributed by atoms with Crippen LogP contribution in [0.5, 0.6) is 0 Å². The van der Waals surface area contributed by atoms with Crippen molar-refractivity contribution in [2.75, 3.05) is 41.9 Å². The number of aliphatic imine (C=N–C) groups is 1. The Hall–Kier alpha value is -2.51. The first-order valence-electron chi connectivity index (χ1n) is 10.0. The Morgan fingerprint density at radius 2 is 2.03 bits per heavy atom. The van der Waals surface area contributed by atoms with E-state index in [2.05, 4.69) is 10.3 Å². The van der Waals surface area contributed by atoms with Gasteiger partial charge in [0.25, 0.3) is 5.91 Å². The number of carbonyl (C=O) groups is 1. The Bertz CT molecular complexity index is 1040. The van der Waals surface area contributed by atoms with E-state index < -0.39 is 15.7 Å². The Morgan fingerprint density at radius 1 is 1.35 bits per heavy atom. The van der Waals surface area contributed by atoms with Gasteiger partial charge in [0.05, 0.1) is 23.7 Å². The van der Waals surface area contributed by atoms with Crippen molar-refractivity contribution in [3.05, 3.63) is 36.0 Å². The van der Waals surface area contributed by atoms with Gasteiger partial charge in [-0.1, -0.05) is 25.6 Å². The number of nitrogens with one attached hydrogen (secondary N) is 1. The molecule has 1 aromatic rings. The van der Waals surface area contributed by atoms with E-state index in [1.54, 1.807) is 0 Å². The smallest absolute Gasteiger partial charge is 0.263 e. The molecule has 1 aromatic carbocycles. The lowest BCUT2D eigenvalue weighted by Crippen LogP contribution is -2.37. The van der Waals surface area contributed by atoms with Gasteiger partial charge in [-0.3, -0.25) is 4.79 Å². The number of nitrogens with zero attached hydrogens (tertiary/aromatic N) is 4. The number of amides is 1. The molecule has 0 saturated carbocycles. The normalized spacial score (nSPS) is 23.7. The first-order valence-corrected chi connectivity index (χ1v) is 12.7. The highest BCUT2D eigenvalue weighted by Gasteiger charge is 2.49. The van der Waals surface area contributed by atoms with Crippen molar-refractivity contribution >= 4 is 44.0 Å². The zero-order valence-corrected chi connectivity index (χ0v) is 19.7. The molecule has 2 saturated heterocycles. The molecule has 0 bridgehead atoms. The van der Waals surface area contributed by atoms with E-state index in [0.717, 1.165) is 11.4 Å². The number of benzene rings is 1. The summed E-state index contributed by atoms with van der Waals surface area (Å²) in [5.74, 6) is -0.0455. The number of hydrogen-bond donors (Lipinski definition) is 1. The largest absolute Gasteiger partial charge is 0.378 e. The zero-order valence-electron chi connectivity index (χ0n) is 18.1. The number of sulfone groups is 1. The van der Waals surface area contributed by atoms with Crippen molar-refractivity contribution < 1.29 is 13.2 Å². The minimum Gasteiger partial charge on any atom is -0.378 e. The summed E-state index contributed by atoms with van der Waals surface area (Å²) in [5, 5.41) is 12.6. The molecule has 3 rings (SSSR count). The molecule has 10 heteroatoms. The molecule has 0 aromatic heterocycles. The van der Waals surface area contributed by atoms with Crippen molar-refractivity contribution in [1.29, 1.82) is 5.26 Å². The molecule has 2 aliphatic heterocycles. The van der Waals surface area contributed by atoms with Crippen LogP contribution in [-0.4, -0.2) is 62.9 Å². The minimum atomic E-state index is -3.11. The molecule has 8 nitrogen and oxygen atoms in total. The van der Waals surface area contributed by atoms with Gasteiger partial charge in [0, 0.05) is 37.3 Å². The summed E-state index contributed by atoms with van der Waals surface area (Å²) in [6, 6.07) is 9.46. The summed E-state index contributed by atoms with van der Waals surface area (Å²) >= 11 is 1.38. The summed E-state index contributed by atoms with van der Waals surface area (Å²) < 4.78 is 24.4. The maximum atomic E-state index is 12.2. The molecule has 2 fully saturated rings. The summed E-state index contributed by atoms with van der Waals surface area (Å²) in [7, 11) is 0.786. The third-order valence-corrected chi connectivity index (χ3v) is 8.27. The van der Waals surface area contributed by atoms with Gasteiger partial charge >= 0.3 is 0 Å². The monoisotopic (exact) mass is 461 g/mol. The van der Waals surface area contributed by atoms with Crippen LogP contribution >= 0.6 is 11.8 Å². The van der Waals surface area contributed by atoms with Crippen molar-refractivity contribution in [3.63, 3.8) is 0 Å². The molecular formula is C21H27N5O3S2. The van der Waals surface area contributed by atoms with E-state index in [1.165, 1.54) is 18.0 Å². The molecule has 2 heterocycles. The summed E-state index contributed by atoms with van der Waals surface area (Å²) in [6.45, 7) is 4.41. The van der Waals surface area contributed by atoms with E-state index in [9.17, 15) is 18.5 Å². The summed E-state index contributed by atoms with van der Waals surface area (Å²) in [4.78, 5) is 20.6.